The summed E-state index contributed by atoms with van der Waals surface area (Å²) in [6.45, 7) is 8.18. The van der Waals surface area contributed by atoms with Crippen LogP contribution in [0.4, 0.5) is 5.69 Å². The molecular weight excluding hydrogens is 689 g/mol. The van der Waals surface area contributed by atoms with E-state index >= 15 is 0 Å². The highest BCUT2D eigenvalue weighted by Gasteiger charge is 2.42. The minimum atomic E-state index is -0.685. The van der Waals surface area contributed by atoms with Gasteiger partial charge in [0, 0.05) is 75.8 Å². The second-order valence-electron chi connectivity index (χ2n) is 14.9. The lowest BCUT2D eigenvalue weighted by Gasteiger charge is -2.38. The van der Waals surface area contributed by atoms with E-state index in [1.807, 2.05) is 12.1 Å². The van der Waals surface area contributed by atoms with Crippen molar-refractivity contribution in [1.29, 1.82) is 5.26 Å². The quantitative estimate of drug-likeness (QED) is 0.175. The van der Waals surface area contributed by atoms with E-state index in [1.165, 1.54) is 16.7 Å². The Morgan fingerprint density at radius 1 is 1.04 bits per heavy atom. The lowest BCUT2D eigenvalue weighted by molar-refractivity contribution is -0.137. The molecule has 2 saturated heterocycles. The Bertz CT molecular complexity index is 2300. The minimum absolute atomic E-state index is 0.00419. The molecule has 3 aliphatic heterocycles. The largest absolute Gasteiger partial charge is 0.371 e. The van der Waals surface area contributed by atoms with Crippen molar-refractivity contribution in [3.05, 3.63) is 93.2 Å². The molecule has 270 valence electrons. The number of aryl methyl sites for hydroxylation is 1. The third-order valence-corrected chi connectivity index (χ3v) is 12.5. The Balaban J connectivity index is 0.922. The Labute approximate surface area is 311 Å². The van der Waals surface area contributed by atoms with Gasteiger partial charge in [-0.15, -0.1) is 11.8 Å². The monoisotopic (exact) mass is 728 g/mol. The number of amides is 4. The van der Waals surface area contributed by atoms with Crippen molar-refractivity contribution in [3.63, 3.8) is 0 Å². The molecule has 11 nitrogen and oxygen atoms in total. The number of nitrogens with one attached hydrogen (secondary N) is 3. The number of fused-ring (bicyclic) bond motifs is 5. The van der Waals surface area contributed by atoms with Crippen molar-refractivity contribution in [2.75, 3.05) is 23.7 Å². The van der Waals surface area contributed by atoms with Crippen LogP contribution in [-0.2, 0) is 32.8 Å². The standard InChI is InChI=1S/C41H40N6O5S/c1-4-23-17-27-29(41(2,3)38-36(37(27)50)26-9-8-22(19-42)16-30(26)44-38)18-32(23)46-14-12-24(13-15-46)43-35(49)21-53-33-7-5-6-25-28(33)20-47(40(25)52)31-10-11-34(48)45-39(31)51/h5-9,16-18,24,31,44H,4,10-15,20-21H2,1-3H3,(H,43,49)(H,45,48,51). The molecule has 1 atom stereocenters. The van der Waals surface area contributed by atoms with Gasteiger partial charge in [0.25, 0.3) is 5.91 Å². The highest BCUT2D eigenvalue weighted by molar-refractivity contribution is 8.00. The smallest absolute Gasteiger partial charge is 0.255 e. The highest BCUT2D eigenvalue weighted by atomic mass is 32.2. The van der Waals surface area contributed by atoms with Gasteiger partial charge in [0.2, 0.25) is 17.7 Å². The molecule has 0 bridgehead atoms. The number of H-pyrrole nitrogens is 1. The van der Waals surface area contributed by atoms with Crippen LogP contribution in [0, 0.1) is 11.3 Å². The zero-order valence-electron chi connectivity index (χ0n) is 29.9. The molecule has 4 amide bonds. The number of carbonyl (C=O) groups excluding carboxylic acids is 5. The summed E-state index contributed by atoms with van der Waals surface area (Å²) >= 11 is 1.39. The number of thioether (sulfide) groups is 1. The van der Waals surface area contributed by atoms with Gasteiger partial charge in [-0.05, 0) is 78.8 Å². The van der Waals surface area contributed by atoms with E-state index in [9.17, 15) is 29.2 Å². The lowest BCUT2D eigenvalue weighted by Crippen LogP contribution is -2.52. The number of nitriles is 1. The fraction of sp³-hybridized carbons (Fsp3) is 0.366. The molecule has 1 aliphatic carbocycles. The van der Waals surface area contributed by atoms with Gasteiger partial charge in [-0.25, -0.2) is 0 Å². The van der Waals surface area contributed by atoms with E-state index < -0.39 is 17.4 Å². The number of aromatic amines is 1. The zero-order chi connectivity index (χ0) is 37.2. The number of hydrogen-bond donors (Lipinski definition) is 3. The molecule has 4 aliphatic rings. The Morgan fingerprint density at radius 3 is 2.57 bits per heavy atom. The third kappa shape index (κ3) is 5.87. The van der Waals surface area contributed by atoms with E-state index in [-0.39, 0.29) is 48.3 Å². The number of ketones is 1. The fourth-order valence-corrected chi connectivity index (χ4v) is 9.42. The molecule has 53 heavy (non-hydrogen) atoms. The summed E-state index contributed by atoms with van der Waals surface area (Å²) in [5.41, 5.74) is 7.72. The van der Waals surface area contributed by atoms with E-state index in [4.69, 9.17) is 0 Å². The van der Waals surface area contributed by atoms with Crippen LogP contribution in [-0.4, -0.2) is 70.2 Å². The topological polar surface area (TPSA) is 155 Å². The highest BCUT2D eigenvalue weighted by Crippen LogP contribution is 2.46. The zero-order valence-corrected chi connectivity index (χ0v) is 30.7. The summed E-state index contributed by atoms with van der Waals surface area (Å²) in [7, 11) is 0. The van der Waals surface area contributed by atoms with Crippen molar-refractivity contribution >= 4 is 57.8 Å². The van der Waals surface area contributed by atoms with Crippen LogP contribution in [0.25, 0.3) is 10.9 Å². The first-order valence-electron chi connectivity index (χ1n) is 18.2. The molecule has 4 aromatic rings. The SMILES string of the molecule is CCc1cc2c(cc1N1CCC(NC(=O)CSc3cccc4c3CN(C3CCC(=O)NC3=O)C4=O)CC1)C(C)(C)c1[nH]c3cc(C#N)ccc3c1C2=O. The molecule has 8 rings (SSSR count). The Morgan fingerprint density at radius 2 is 1.83 bits per heavy atom. The van der Waals surface area contributed by atoms with Gasteiger partial charge in [-0.2, -0.15) is 5.26 Å². The maximum Gasteiger partial charge on any atom is 0.255 e. The van der Waals surface area contributed by atoms with Crippen LogP contribution in [0.15, 0.2) is 53.4 Å². The maximum absolute atomic E-state index is 14.1. The van der Waals surface area contributed by atoms with Crippen LogP contribution < -0.4 is 15.5 Å². The van der Waals surface area contributed by atoms with E-state index in [1.54, 1.807) is 24.3 Å². The summed E-state index contributed by atoms with van der Waals surface area (Å²) in [5.74, 6) is -0.867. The summed E-state index contributed by atoms with van der Waals surface area (Å²) < 4.78 is 0. The molecule has 1 unspecified atom stereocenters. The van der Waals surface area contributed by atoms with Gasteiger partial charge >= 0.3 is 0 Å². The first-order valence-corrected chi connectivity index (χ1v) is 19.2. The van der Waals surface area contributed by atoms with Crippen molar-refractivity contribution < 1.29 is 24.0 Å². The number of benzene rings is 3. The normalized spacial score (nSPS) is 19.5. The lowest BCUT2D eigenvalue weighted by atomic mass is 9.70. The van der Waals surface area contributed by atoms with Gasteiger partial charge in [-0.1, -0.05) is 32.9 Å². The number of hydrogen-bond acceptors (Lipinski definition) is 8. The van der Waals surface area contributed by atoms with E-state index in [0.29, 0.717) is 23.1 Å². The molecule has 3 aromatic carbocycles. The van der Waals surface area contributed by atoms with Crippen molar-refractivity contribution in [2.45, 2.75) is 81.8 Å². The number of aromatic nitrogens is 1. The average molecular weight is 729 g/mol. The van der Waals surface area contributed by atoms with Crippen LogP contribution in [0.5, 0.6) is 0 Å². The molecular formula is C41H40N6O5S. The molecule has 1 aromatic heterocycles. The molecule has 3 N–H and O–H groups in total. The molecule has 4 heterocycles. The van der Waals surface area contributed by atoms with Crippen LogP contribution in [0.1, 0.15) is 101 Å². The Kier molecular flexibility index (Phi) is 8.65. The molecule has 0 radical (unpaired) electrons. The molecule has 2 fully saturated rings. The van der Waals surface area contributed by atoms with Gasteiger partial charge in [-0.3, -0.25) is 29.3 Å². The number of rotatable bonds is 7. The van der Waals surface area contributed by atoms with Crippen LogP contribution in [0.3, 0.4) is 0 Å². The minimum Gasteiger partial charge on any atom is -0.371 e. The van der Waals surface area contributed by atoms with E-state index in [0.717, 1.165) is 81.8 Å². The maximum atomic E-state index is 14.1. The summed E-state index contributed by atoms with van der Waals surface area (Å²) in [6.07, 6.45) is 2.83. The van der Waals surface area contributed by atoms with Crippen molar-refractivity contribution in [2.24, 2.45) is 0 Å². The second-order valence-corrected chi connectivity index (χ2v) is 15.9. The van der Waals surface area contributed by atoms with Gasteiger partial charge in [0.15, 0.2) is 5.78 Å². The molecule has 12 heteroatoms. The number of nitrogens with zero attached hydrogens (tertiary/aromatic N) is 3. The third-order valence-electron chi connectivity index (χ3n) is 11.4. The van der Waals surface area contributed by atoms with Crippen LogP contribution in [0.2, 0.25) is 0 Å². The summed E-state index contributed by atoms with van der Waals surface area (Å²) in [5, 5.41) is 15.8. The average Bonchev–Trinajstić information content (AvgIpc) is 3.71. The van der Waals surface area contributed by atoms with Crippen molar-refractivity contribution in [1.82, 2.24) is 20.5 Å². The number of carbonyl (C=O) groups is 5. The number of piperidine rings is 2. The summed E-state index contributed by atoms with van der Waals surface area (Å²) in [6, 6.07) is 16.7. The summed E-state index contributed by atoms with van der Waals surface area (Å²) in [4.78, 5) is 72.8. The molecule has 0 spiro atoms. The first-order chi connectivity index (χ1) is 25.5. The predicted molar refractivity (Wildman–Crippen MR) is 201 cm³/mol. The van der Waals surface area contributed by atoms with E-state index in [2.05, 4.69) is 59.5 Å². The van der Waals surface area contributed by atoms with Crippen molar-refractivity contribution in [3.8, 4) is 6.07 Å². The second kappa shape index (κ2) is 13.2. The molecule has 0 saturated carbocycles. The van der Waals surface area contributed by atoms with Crippen LogP contribution >= 0.6 is 11.8 Å². The number of imide groups is 1. The number of anilines is 1. The van der Waals surface area contributed by atoms with Gasteiger partial charge in [0.05, 0.1) is 22.9 Å². The van der Waals surface area contributed by atoms with Gasteiger partial charge in [0.1, 0.15) is 6.04 Å². The van der Waals surface area contributed by atoms with Gasteiger partial charge < -0.3 is 20.1 Å². The fourth-order valence-electron chi connectivity index (χ4n) is 8.53. The Hall–Kier alpha value is -5.41. The predicted octanol–water partition coefficient (Wildman–Crippen LogP) is 5.11. The first kappa shape index (κ1) is 34.7.